The molecule has 8 heteroatoms. The Hall–Kier alpha value is 0.193. The van der Waals surface area contributed by atoms with Gasteiger partial charge in [0.15, 0.2) is 9.84 Å². The Morgan fingerprint density at radius 3 is 2.43 bits per heavy atom. The van der Waals surface area contributed by atoms with Gasteiger partial charge in [-0.2, -0.15) is 0 Å². The summed E-state index contributed by atoms with van der Waals surface area (Å²) in [5.74, 6) is -0.270. The van der Waals surface area contributed by atoms with Gasteiger partial charge in [0.25, 0.3) is 0 Å². The van der Waals surface area contributed by atoms with Gasteiger partial charge in [-0.05, 0) is 7.05 Å². The average Bonchev–Trinajstić information content (AvgIpc) is 2.00. The Kier molecular flexibility index (Phi) is 10.1. The van der Waals surface area contributed by atoms with E-state index in [9.17, 15) is 13.2 Å². The maximum Gasteiger partial charge on any atom is 0.505 e. The second kappa shape index (κ2) is 8.50. The Labute approximate surface area is 106 Å². The standard InChI is InChI=1S/C6H13NO5S.Np/c1-7-2-4-13(10,11)5-3-12-6(8)9;/h7H,2-5H2,1H3,(H,8,9);. The second-order valence-corrected chi connectivity index (χ2v) is 4.67. The van der Waals surface area contributed by atoms with Gasteiger partial charge < -0.3 is 15.2 Å². The van der Waals surface area contributed by atoms with Crippen molar-refractivity contribution in [3.05, 3.63) is 0 Å². The zero-order valence-electron chi connectivity index (χ0n) is 7.76. The van der Waals surface area contributed by atoms with Gasteiger partial charge in [-0.15, -0.1) is 0 Å². The zero-order valence-corrected chi connectivity index (χ0v) is 12.3. The number of hydrogen-bond acceptors (Lipinski definition) is 5. The quantitative estimate of drug-likeness (QED) is 0.524. The second-order valence-electron chi connectivity index (χ2n) is 2.37. The van der Waals surface area contributed by atoms with E-state index in [1.165, 1.54) is 0 Å². The van der Waals surface area contributed by atoms with Gasteiger partial charge in [-0.3, -0.25) is 0 Å². The van der Waals surface area contributed by atoms with Crippen molar-refractivity contribution in [3.63, 3.8) is 0 Å². The van der Waals surface area contributed by atoms with Crippen LogP contribution in [0.3, 0.4) is 0 Å². The summed E-state index contributed by atoms with van der Waals surface area (Å²) in [5, 5.41) is 10.7. The van der Waals surface area contributed by atoms with E-state index in [1.54, 1.807) is 7.05 Å². The molecule has 83 valence electrons. The maximum absolute atomic E-state index is 11.1. The third kappa shape index (κ3) is 10.3. The van der Waals surface area contributed by atoms with E-state index in [0.717, 1.165) is 0 Å². The molecule has 0 bridgehead atoms. The van der Waals surface area contributed by atoms with Crippen LogP contribution in [0.25, 0.3) is 0 Å². The number of carboxylic acid groups (broad SMARTS) is 1. The molecule has 0 aromatic rings. The summed E-state index contributed by atoms with van der Waals surface area (Å²) in [6.07, 6.45) is -1.45. The van der Waals surface area contributed by atoms with E-state index in [-0.39, 0.29) is 48.1 Å². The van der Waals surface area contributed by atoms with Crippen LogP contribution in [0.15, 0.2) is 0 Å². The number of carbonyl (C=O) groups is 1. The molecule has 0 aromatic heterocycles. The molecule has 0 fully saturated rings. The number of hydrogen-bond donors (Lipinski definition) is 2. The molecule has 0 rings (SSSR count). The minimum Gasteiger partial charge on any atom is -0.450 e. The topological polar surface area (TPSA) is 92.7 Å². The van der Waals surface area contributed by atoms with Crippen molar-refractivity contribution in [1.82, 2.24) is 5.32 Å². The van der Waals surface area contributed by atoms with Gasteiger partial charge in [0.05, 0.1) is 11.5 Å². The third-order valence-corrected chi connectivity index (χ3v) is 2.90. The van der Waals surface area contributed by atoms with Crippen LogP contribution in [0.5, 0.6) is 0 Å². The van der Waals surface area contributed by atoms with Crippen LogP contribution in [-0.4, -0.2) is 51.4 Å². The number of nitrogens with one attached hydrogen (secondary N) is 1. The summed E-state index contributed by atoms with van der Waals surface area (Å²) in [6.45, 7) is 0.0524. The Balaban J connectivity index is 0. The van der Waals surface area contributed by atoms with Gasteiger partial charge in [-0.1, -0.05) is 0 Å². The van der Waals surface area contributed by atoms with Crippen LogP contribution < -0.4 is 5.32 Å². The molecule has 0 aliphatic carbocycles. The van der Waals surface area contributed by atoms with Crippen molar-refractivity contribution in [1.29, 1.82) is 0 Å². The van der Waals surface area contributed by atoms with Crippen molar-refractivity contribution in [2.75, 3.05) is 31.7 Å². The largest absolute Gasteiger partial charge is 0.505 e. The molecule has 0 heterocycles. The van der Waals surface area contributed by atoms with Crippen molar-refractivity contribution >= 4 is 16.0 Å². The predicted octanol–water partition coefficient (Wildman–Crippen LogP) is -0.685. The van der Waals surface area contributed by atoms with Crippen molar-refractivity contribution < 1.29 is 53.0 Å². The van der Waals surface area contributed by atoms with Crippen LogP contribution in [0.2, 0.25) is 0 Å². The molecule has 0 aliphatic rings. The van der Waals surface area contributed by atoms with Crippen LogP contribution in [0, 0.1) is 29.9 Å². The van der Waals surface area contributed by atoms with Crippen LogP contribution in [-0.2, 0) is 14.6 Å². The molecule has 6 nitrogen and oxygen atoms in total. The average molecular weight is 448 g/mol. The normalized spacial score (nSPS) is 10.4. The number of ether oxygens (including phenoxy) is 1. The van der Waals surface area contributed by atoms with E-state index < -0.39 is 16.0 Å². The summed E-state index contributed by atoms with van der Waals surface area (Å²) < 4.78 is 26.2. The van der Waals surface area contributed by atoms with Crippen LogP contribution >= 0.6 is 0 Å². The summed E-state index contributed by atoms with van der Waals surface area (Å²) in [5.41, 5.74) is 0. The first kappa shape index (κ1) is 16.6. The molecule has 0 saturated carbocycles. The summed E-state index contributed by atoms with van der Waals surface area (Å²) in [7, 11) is -1.55. The molecule has 0 amide bonds. The first-order valence-corrected chi connectivity index (χ1v) is 5.51. The molecule has 14 heavy (non-hydrogen) atoms. The first-order chi connectivity index (χ1) is 5.98. The van der Waals surface area contributed by atoms with Gasteiger partial charge in [-0.25, -0.2) is 13.2 Å². The van der Waals surface area contributed by atoms with E-state index in [0.29, 0.717) is 6.54 Å². The molecule has 0 aromatic carbocycles. The molecule has 1 radical (unpaired) electrons. The Bertz CT molecular complexity index is 253. The predicted molar refractivity (Wildman–Crippen MR) is 46.6 cm³/mol. The minimum atomic E-state index is -3.19. The van der Waals surface area contributed by atoms with E-state index >= 15 is 0 Å². The monoisotopic (exact) mass is 447 g/mol. The van der Waals surface area contributed by atoms with E-state index in [4.69, 9.17) is 5.11 Å². The van der Waals surface area contributed by atoms with Crippen molar-refractivity contribution in [3.8, 4) is 0 Å². The fourth-order valence-electron chi connectivity index (χ4n) is 0.616. The molecular formula is C6H13NNpO5S. The van der Waals surface area contributed by atoms with Crippen molar-refractivity contribution in [2.45, 2.75) is 0 Å². The summed E-state index contributed by atoms with van der Waals surface area (Å²) in [4.78, 5) is 9.87. The van der Waals surface area contributed by atoms with Crippen LogP contribution in [0.4, 0.5) is 4.79 Å². The first-order valence-electron chi connectivity index (χ1n) is 3.68. The number of sulfone groups is 1. The number of rotatable bonds is 6. The molecule has 2 N–H and O–H groups in total. The molecule has 0 saturated heterocycles. The third-order valence-electron chi connectivity index (χ3n) is 1.28. The molecule has 0 spiro atoms. The van der Waals surface area contributed by atoms with Gasteiger partial charge in [0.2, 0.25) is 0 Å². The van der Waals surface area contributed by atoms with Crippen molar-refractivity contribution in [2.24, 2.45) is 0 Å². The van der Waals surface area contributed by atoms with Crippen LogP contribution in [0.1, 0.15) is 0 Å². The molecule has 0 atom stereocenters. The Morgan fingerprint density at radius 2 is 2.00 bits per heavy atom. The smallest absolute Gasteiger partial charge is 0.450 e. The van der Waals surface area contributed by atoms with Gasteiger partial charge >= 0.3 is 6.16 Å². The minimum absolute atomic E-state index is 0. The fraction of sp³-hybridized carbons (Fsp3) is 0.833. The van der Waals surface area contributed by atoms with E-state index in [2.05, 4.69) is 10.1 Å². The van der Waals surface area contributed by atoms with Gasteiger partial charge in [0.1, 0.15) is 6.61 Å². The fourth-order valence-corrected chi connectivity index (χ4v) is 1.67. The Morgan fingerprint density at radius 1 is 1.43 bits per heavy atom. The SMILES string of the molecule is CNCCS(=O)(=O)CCOC(=O)O.[Np]. The zero-order chi connectivity index (χ0) is 10.3. The summed E-state index contributed by atoms with van der Waals surface area (Å²) in [6, 6.07) is 0. The van der Waals surface area contributed by atoms with Gasteiger partial charge in [0, 0.05) is 36.5 Å². The molecule has 0 unspecified atom stereocenters. The molecule has 0 aliphatic heterocycles. The molecular weight excluding hydrogens is 435 g/mol. The van der Waals surface area contributed by atoms with E-state index in [1.807, 2.05) is 0 Å². The maximum atomic E-state index is 11.1. The summed E-state index contributed by atoms with van der Waals surface area (Å²) >= 11 is 0.